The normalized spacial score (nSPS) is 22.2. The standard InChI is InChI=1S/C14H17NO3S/c1-10-3-2-4-11(7-10)8-12(16)15-14(13(17)18)5-6-19-9-14/h2-4,7H,5-6,8-9H2,1H3,(H,15,16)(H,17,18). The highest BCUT2D eigenvalue weighted by molar-refractivity contribution is 7.99. The molecule has 1 atom stereocenters. The predicted molar refractivity (Wildman–Crippen MR) is 75.3 cm³/mol. The Kier molecular flexibility index (Phi) is 4.14. The van der Waals surface area contributed by atoms with Crippen molar-refractivity contribution in [2.45, 2.75) is 25.3 Å². The van der Waals surface area contributed by atoms with Gasteiger partial charge in [0.1, 0.15) is 5.54 Å². The molecule has 0 radical (unpaired) electrons. The first-order valence-corrected chi connectivity index (χ1v) is 7.35. The average Bonchev–Trinajstić information content (AvgIpc) is 2.78. The lowest BCUT2D eigenvalue weighted by Gasteiger charge is -2.24. The van der Waals surface area contributed by atoms with Gasteiger partial charge in [-0.2, -0.15) is 11.8 Å². The molecule has 1 amide bonds. The second-order valence-electron chi connectivity index (χ2n) is 4.90. The summed E-state index contributed by atoms with van der Waals surface area (Å²) in [6, 6.07) is 7.68. The molecule has 1 aromatic carbocycles. The molecule has 5 heteroatoms. The highest BCUT2D eigenvalue weighted by Gasteiger charge is 2.43. The van der Waals surface area contributed by atoms with Crippen LogP contribution >= 0.6 is 11.8 Å². The van der Waals surface area contributed by atoms with Crippen molar-refractivity contribution in [3.05, 3.63) is 35.4 Å². The summed E-state index contributed by atoms with van der Waals surface area (Å²) in [5, 5.41) is 12.0. The Bertz CT molecular complexity index is 495. The molecule has 0 spiro atoms. The van der Waals surface area contributed by atoms with E-state index < -0.39 is 11.5 Å². The zero-order valence-corrected chi connectivity index (χ0v) is 11.6. The van der Waals surface area contributed by atoms with Gasteiger partial charge >= 0.3 is 5.97 Å². The van der Waals surface area contributed by atoms with E-state index >= 15 is 0 Å². The van der Waals surface area contributed by atoms with Gasteiger partial charge in [-0.15, -0.1) is 0 Å². The van der Waals surface area contributed by atoms with Crippen molar-refractivity contribution in [3.8, 4) is 0 Å². The van der Waals surface area contributed by atoms with Crippen LogP contribution in [0.5, 0.6) is 0 Å². The lowest BCUT2D eigenvalue weighted by Crippen LogP contribution is -2.55. The molecule has 1 fully saturated rings. The van der Waals surface area contributed by atoms with E-state index in [0.29, 0.717) is 12.2 Å². The van der Waals surface area contributed by atoms with Crippen molar-refractivity contribution >= 4 is 23.6 Å². The SMILES string of the molecule is Cc1cccc(CC(=O)NC2(C(=O)O)CCSC2)c1. The number of hydrogen-bond acceptors (Lipinski definition) is 3. The molecular weight excluding hydrogens is 262 g/mol. The van der Waals surface area contributed by atoms with E-state index in [1.54, 1.807) is 11.8 Å². The van der Waals surface area contributed by atoms with Gasteiger partial charge in [0.2, 0.25) is 5.91 Å². The lowest BCUT2D eigenvalue weighted by atomic mass is 9.98. The number of hydrogen-bond donors (Lipinski definition) is 2. The number of aliphatic carboxylic acids is 1. The molecule has 0 saturated carbocycles. The first-order chi connectivity index (χ1) is 9.02. The number of carboxylic acid groups (broad SMARTS) is 1. The molecule has 4 nitrogen and oxygen atoms in total. The number of benzene rings is 1. The minimum atomic E-state index is -1.08. The quantitative estimate of drug-likeness (QED) is 0.879. The summed E-state index contributed by atoms with van der Waals surface area (Å²) in [6.45, 7) is 1.97. The van der Waals surface area contributed by atoms with Crippen molar-refractivity contribution in [1.82, 2.24) is 5.32 Å². The maximum atomic E-state index is 12.0. The molecule has 0 aromatic heterocycles. The molecular formula is C14H17NO3S. The summed E-state index contributed by atoms with van der Waals surface area (Å²) < 4.78 is 0. The van der Waals surface area contributed by atoms with Gasteiger partial charge in [-0.05, 0) is 24.7 Å². The molecule has 2 rings (SSSR count). The lowest BCUT2D eigenvalue weighted by molar-refractivity contribution is -0.146. The fourth-order valence-corrected chi connectivity index (χ4v) is 3.53. The van der Waals surface area contributed by atoms with Gasteiger partial charge < -0.3 is 10.4 Å². The second kappa shape index (κ2) is 5.65. The van der Waals surface area contributed by atoms with Crippen molar-refractivity contribution in [3.63, 3.8) is 0 Å². The van der Waals surface area contributed by atoms with Gasteiger partial charge in [0.05, 0.1) is 6.42 Å². The number of nitrogens with one attached hydrogen (secondary N) is 1. The molecule has 2 N–H and O–H groups in total. The third-order valence-corrected chi connectivity index (χ3v) is 4.45. The highest BCUT2D eigenvalue weighted by atomic mass is 32.2. The van der Waals surface area contributed by atoms with E-state index in [0.717, 1.165) is 16.9 Å². The van der Waals surface area contributed by atoms with Crippen molar-refractivity contribution < 1.29 is 14.7 Å². The number of carbonyl (C=O) groups is 2. The van der Waals surface area contributed by atoms with Gasteiger partial charge in [-0.25, -0.2) is 4.79 Å². The molecule has 1 unspecified atom stereocenters. The Morgan fingerprint density at radius 3 is 2.84 bits per heavy atom. The van der Waals surface area contributed by atoms with Crippen LogP contribution in [0.15, 0.2) is 24.3 Å². The van der Waals surface area contributed by atoms with Gasteiger partial charge in [0.15, 0.2) is 0 Å². The smallest absolute Gasteiger partial charge is 0.330 e. The van der Waals surface area contributed by atoms with Crippen LogP contribution in [-0.4, -0.2) is 34.0 Å². The van der Waals surface area contributed by atoms with Gasteiger partial charge in [0, 0.05) is 5.75 Å². The number of thioether (sulfide) groups is 1. The summed E-state index contributed by atoms with van der Waals surface area (Å²) in [4.78, 5) is 23.3. The number of carbonyl (C=O) groups excluding carboxylic acids is 1. The molecule has 1 aromatic rings. The fourth-order valence-electron chi connectivity index (χ4n) is 2.20. The maximum absolute atomic E-state index is 12.0. The fraction of sp³-hybridized carbons (Fsp3) is 0.429. The Hall–Kier alpha value is -1.49. The highest BCUT2D eigenvalue weighted by Crippen LogP contribution is 2.28. The maximum Gasteiger partial charge on any atom is 0.330 e. The van der Waals surface area contributed by atoms with E-state index in [-0.39, 0.29) is 12.3 Å². The minimum Gasteiger partial charge on any atom is -0.479 e. The molecule has 102 valence electrons. The van der Waals surface area contributed by atoms with Crippen molar-refractivity contribution in [1.29, 1.82) is 0 Å². The van der Waals surface area contributed by atoms with E-state index in [1.807, 2.05) is 31.2 Å². The summed E-state index contributed by atoms with van der Waals surface area (Å²) in [6.07, 6.45) is 0.716. The van der Waals surface area contributed by atoms with Crippen LogP contribution < -0.4 is 5.32 Å². The van der Waals surface area contributed by atoms with Crippen molar-refractivity contribution in [2.75, 3.05) is 11.5 Å². The van der Waals surface area contributed by atoms with Crippen LogP contribution in [0.2, 0.25) is 0 Å². The topological polar surface area (TPSA) is 66.4 Å². The number of rotatable bonds is 4. The van der Waals surface area contributed by atoms with E-state index in [4.69, 9.17) is 0 Å². The van der Waals surface area contributed by atoms with E-state index in [9.17, 15) is 14.7 Å². The molecule has 19 heavy (non-hydrogen) atoms. The van der Waals surface area contributed by atoms with Gasteiger partial charge in [-0.1, -0.05) is 29.8 Å². The van der Waals surface area contributed by atoms with Crippen LogP contribution in [0.4, 0.5) is 0 Å². The van der Waals surface area contributed by atoms with Crippen LogP contribution in [0.1, 0.15) is 17.5 Å². The first kappa shape index (κ1) is 13.9. The monoisotopic (exact) mass is 279 g/mol. The van der Waals surface area contributed by atoms with Crippen LogP contribution in [0.3, 0.4) is 0 Å². The van der Waals surface area contributed by atoms with Crippen LogP contribution in [0, 0.1) is 6.92 Å². The summed E-state index contributed by atoms with van der Waals surface area (Å²) in [5.41, 5.74) is 0.921. The third-order valence-electron chi connectivity index (χ3n) is 3.26. The average molecular weight is 279 g/mol. The van der Waals surface area contributed by atoms with E-state index in [1.165, 1.54) is 0 Å². The Morgan fingerprint density at radius 1 is 1.47 bits per heavy atom. The van der Waals surface area contributed by atoms with Crippen molar-refractivity contribution in [2.24, 2.45) is 0 Å². The zero-order valence-electron chi connectivity index (χ0n) is 10.8. The number of carboxylic acids is 1. The molecule has 1 heterocycles. The zero-order chi connectivity index (χ0) is 13.9. The second-order valence-corrected chi connectivity index (χ2v) is 6.01. The Labute approximate surface area is 116 Å². The Balaban J connectivity index is 2.02. The summed E-state index contributed by atoms with van der Waals surface area (Å²) in [7, 11) is 0. The molecule has 1 aliphatic rings. The number of aryl methyl sites for hydroxylation is 1. The summed E-state index contributed by atoms with van der Waals surface area (Å²) >= 11 is 1.56. The molecule has 1 saturated heterocycles. The molecule has 1 aliphatic heterocycles. The first-order valence-electron chi connectivity index (χ1n) is 6.19. The largest absolute Gasteiger partial charge is 0.479 e. The van der Waals surface area contributed by atoms with Gasteiger partial charge in [0.25, 0.3) is 0 Å². The summed E-state index contributed by atoms with van der Waals surface area (Å²) in [5.74, 6) is 0.0597. The van der Waals surface area contributed by atoms with E-state index in [2.05, 4.69) is 5.32 Å². The molecule has 0 aliphatic carbocycles. The number of amides is 1. The molecule has 0 bridgehead atoms. The predicted octanol–water partition coefficient (Wildman–Crippen LogP) is 1.61. The third kappa shape index (κ3) is 3.29. The van der Waals surface area contributed by atoms with Gasteiger partial charge in [-0.3, -0.25) is 4.79 Å². The Morgan fingerprint density at radius 2 is 2.26 bits per heavy atom. The van der Waals surface area contributed by atoms with Crippen LogP contribution in [0.25, 0.3) is 0 Å². The van der Waals surface area contributed by atoms with Crippen LogP contribution in [-0.2, 0) is 16.0 Å². The minimum absolute atomic E-state index is 0.224.